The third kappa shape index (κ3) is 3.29. The van der Waals surface area contributed by atoms with Gasteiger partial charge >= 0.3 is 6.03 Å². The Morgan fingerprint density at radius 1 is 1.36 bits per heavy atom. The summed E-state index contributed by atoms with van der Waals surface area (Å²) in [6, 6.07) is 7.03. The van der Waals surface area contributed by atoms with Crippen LogP contribution in [0, 0.1) is 0 Å². The van der Waals surface area contributed by atoms with Gasteiger partial charge < -0.3 is 30.0 Å². The second kappa shape index (κ2) is 7.16. The van der Waals surface area contributed by atoms with Crippen molar-refractivity contribution in [3.8, 4) is 5.75 Å². The molecule has 3 N–H and O–H groups in total. The molecule has 0 bridgehead atoms. The lowest BCUT2D eigenvalue weighted by Gasteiger charge is -2.45. The minimum Gasteiger partial charge on any atom is -0.497 e. The first-order chi connectivity index (χ1) is 13.5. The van der Waals surface area contributed by atoms with Gasteiger partial charge in [0.2, 0.25) is 5.91 Å². The van der Waals surface area contributed by atoms with E-state index in [2.05, 4.69) is 10.3 Å². The normalized spacial score (nSPS) is 20.5. The number of anilines is 1. The van der Waals surface area contributed by atoms with E-state index in [1.54, 1.807) is 24.3 Å². The molecule has 1 aromatic heterocycles. The van der Waals surface area contributed by atoms with Crippen molar-refractivity contribution in [2.45, 2.75) is 31.1 Å². The maximum atomic E-state index is 12.6. The number of nitrogens with two attached hydrogens (primary N) is 1. The number of carbonyl (C=O) groups is 2. The van der Waals surface area contributed by atoms with E-state index in [4.69, 9.17) is 15.2 Å². The first-order valence-corrected chi connectivity index (χ1v) is 9.19. The number of benzene rings is 1. The topological polar surface area (TPSA) is 112 Å². The van der Waals surface area contributed by atoms with E-state index in [0.29, 0.717) is 43.9 Å². The highest BCUT2D eigenvalue weighted by Crippen LogP contribution is 2.40. The van der Waals surface area contributed by atoms with E-state index in [-0.39, 0.29) is 6.03 Å². The Hall–Kier alpha value is -3.07. The monoisotopic (exact) mass is 385 g/mol. The Kier molecular flexibility index (Phi) is 4.68. The number of urea groups is 1. The number of ether oxygens (including phenoxy) is 2. The van der Waals surface area contributed by atoms with Gasteiger partial charge in [0.25, 0.3) is 0 Å². The zero-order chi connectivity index (χ0) is 19.7. The summed E-state index contributed by atoms with van der Waals surface area (Å²) in [7, 11) is 1.58. The van der Waals surface area contributed by atoms with E-state index in [9.17, 15) is 9.59 Å². The van der Waals surface area contributed by atoms with Crippen molar-refractivity contribution in [3.05, 3.63) is 42.5 Å². The highest BCUT2D eigenvalue weighted by atomic mass is 16.5. The Labute approximate surface area is 162 Å². The third-order valence-electron chi connectivity index (χ3n) is 5.35. The molecule has 1 unspecified atom stereocenters. The molecule has 2 aliphatic rings. The molecule has 0 radical (unpaired) electrons. The van der Waals surface area contributed by atoms with E-state index >= 15 is 0 Å². The van der Waals surface area contributed by atoms with E-state index in [1.165, 1.54) is 0 Å². The number of aromatic nitrogens is 2. The predicted octanol–water partition coefficient (Wildman–Crippen LogP) is 1.30. The molecule has 3 amide bonds. The number of piperidine rings is 1. The average molecular weight is 385 g/mol. The zero-order valence-electron chi connectivity index (χ0n) is 15.6. The largest absolute Gasteiger partial charge is 0.497 e. The molecule has 0 saturated carbocycles. The van der Waals surface area contributed by atoms with Crippen LogP contribution >= 0.6 is 0 Å². The molecule has 1 aromatic carbocycles. The summed E-state index contributed by atoms with van der Waals surface area (Å²) in [4.78, 5) is 30.5. The van der Waals surface area contributed by atoms with Gasteiger partial charge in [-0.05, 0) is 12.1 Å². The molecule has 28 heavy (non-hydrogen) atoms. The molecule has 1 atom stereocenters. The molecule has 148 valence electrons. The molecule has 2 aromatic rings. The molecule has 9 heteroatoms. The van der Waals surface area contributed by atoms with Crippen LogP contribution in [0.15, 0.2) is 36.7 Å². The lowest BCUT2D eigenvalue weighted by molar-refractivity contribution is -0.169. The fraction of sp³-hybridized carbons (Fsp3) is 0.421. The minimum atomic E-state index is -0.700. The third-order valence-corrected chi connectivity index (χ3v) is 5.35. The molecule has 3 heterocycles. The van der Waals surface area contributed by atoms with E-state index in [0.717, 1.165) is 5.82 Å². The van der Waals surface area contributed by atoms with Gasteiger partial charge in [-0.25, -0.2) is 9.78 Å². The van der Waals surface area contributed by atoms with Crippen LogP contribution in [0.5, 0.6) is 5.75 Å². The van der Waals surface area contributed by atoms with Gasteiger partial charge in [-0.2, -0.15) is 0 Å². The van der Waals surface area contributed by atoms with Gasteiger partial charge in [0, 0.05) is 50.1 Å². The maximum Gasteiger partial charge on any atom is 0.321 e. The Morgan fingerprint density at radius 2 is 2.14 bits per heavy atom. The number of hydrogen-bond acceptors (Lipinski definition) is 5. The van der Waals surface area contributed by atoms with Crippen molar-refractivity contribution in [1.82, 2.24) is 14.5 Å². The van der Waals surface area contributed by atoms with Crippen LogP contribution in [0.25, 0.3) is 0 Å². The number of nitrogens with one attached hydrogen (secondary N) is 1. The minimum absolute atomic E-state index is 0.186. The summed E-state index contributed by atoms with van der Waals surface area (Å²) < 4.78 is 13.2. The number of carbonyl (C=O) groups excluding carboxylic acids is 2. The standard InChI is InChI=1S/C19H23N5O4/c1-27-14-4-2-3-13(11-14)22-18(26)23-8-5-19(6-9-23)17-21-7-10-24(17)12-15(28-19)16(20)25/h2-4,7,10-11,15H,5-6,8-9,12H2,1H3,(H2,20,25)(H,22,26). The fourth-order valence-corrected chi connectivity index (χ4v) is 3.86. The van der Waals surface area contributed by atoms with Crippen molar-refractivity contribution in [3.63, 3.8) is 0 Å². The summed E-state index contributed by atoms with van der Waals surface area (Å²) in [6.45, 7) is 1.33. The molecule has 1 spiro atoms. The van der Waals surface area contributed by atoms with Crippen LogP contribution in [-0.2, 0) is 21.7 Å². The molecular weight excluding hydrogens is 362 g/mol. The number of fused-ring (bicyclic) bond motifs is 2. The molecule has 4 rings (SSSR count). The first-order valence-electron chi connectivity index (χ1n) is 9.19. The number of imidazole rings is 1. The summed E-state index contributed by atoms with van der Waals surface area (Å²) in [5.41, 5.74) is 5.45. The molecule has 1 fully saturated rings. The molecule has 1 saturated heterocycles. The van der Waals surface area contributed by atoms with E-state index in [1.807, 2.05) is 29.0 Å². The van der Waals surface area contributed by atoms with Crippen molar-refractivity contribution in [2.75, 3.05) is 25.5 Å². The van der Waals surface area contributed by atoms with Crippen LogP contribution < -0.4 is 15.8 Å². The van der Waals surface area contributed by atoms with Crippen LogP contribution in [-0.4, -0.2) is 52.7 Å². The van der Waals surface area contributed by atoms with E-state index < -0.39 is 17.6 Å². The SMILES string of the molecule is COc1cccc(NC(=O)N2CCC3(CC2)OC(C(N)=O)Cn2ccnc23)c1. The Balaban J connectivity index is 1.45. The van der Waals surface area contributed by atoms with Crippen molar-refractivity contribution in [2.24, 2.45) is 5.73 Å². The Morgan fingerprint density at radius 3 is 2.86 bits per heavy atom. The fourth-order valence-electron chi connectivity index (χ4n) is 3.86. The van der Waals surface area contributed by atoms with Gasteiger partial charge in [-0.15, -0.1) is 0 Å². The van der Waals surface area contributed by atoms with Crippen LogP contribution in [0.1, 0.15) is 18.7 Å². The lowest BCUT2D eigenvalue weighted by Crippen LogP contribution is -2.54. The van der Waals surface area contributed by atoms with Crippen molar-refractivity contribution in [1.29, 1.82) is 0 Å². The zero-order valence-corrected chi connectivity index (χ0v) is 15.6. The predicted molar refractivity (Wildman–Crippen MR) is 101 cm³/mol. The second-order valence-corrected chi connectivity index (χ2v) is 7.06. The summed E-state index contributed by atoms with van der Waals surface area (Å²) >= 11 is 0. The summed E-state index contributed by atoms with van der Waals surface area (Å²) in [6.07, 6.45) is 3.92. The number of likely N-dealkylation sites (tertiary alicyclic amines) is 1. The van der Waals surface area contributed by atoms with Gasteiger partial charge in [-0.3, -0.25) is 4.79 Å². The van der Waals surface area contributed by atoms with Gasteiger partial charge in [0.05, 0.1) is 13.7 Å². The van der Waals surface area contributed by atoms with Gasteiger partial charge in [0.15, 0.2) is 6.10 Å². The van der Waals surface area contributed by atoms with Gasteiger partial charge in [0.1, 0.15) is 17.2 Å². The number of hydrogen-bond donors (Lipinski definition) is 2. The number of amides is 3. The first kappa shape index (κ1) is 18.3. The molecule has 9 nitrogen and oxygen atoms in total. The summed E-state index contributed by atoms with van der Waals surface area (Å²) in [5, 5.41) is 2.89. The maximum absolute atomic E-state index is 12.6. The number of rotatable bonds is 3. The van der Waals surface area contributed by atoms with Crippen LogP contribution in [0.3, 0.4) is 0 Å². The smallest absolute Gasteiger partial charge is 0.321 e. The lowest BCUT2D eigenvalue weighted by atomic mass is 9.88. The Bertz CT molecular complexity index is 888. The van der Waals surface area contributed by atoms with Crippen LogP contribution in [0.4, 0.5) is 10.5 Å². The average Bonchev–Trinajstić information content (AvgIpc) is 3.18. The second-order valence-electron chi connectivity index (χ2n) is 7.06. The number of methoxy groups -OCH3 is 1. The highest BCUT2D eigenvalue weighted by Gasteiger charge is 2.47. The number of nitrogens with zero attached hydrogens (tertiary/aromatic N) is 3. The molecule has 2 aliphatic heterocycles. The summed E-state index contributed by atoms with van der Waals surface area (Å²) in [5.74, 6) is 0.977. The number of primary amides is 1. The quantitative estimate of drug-likeness (QED) is 0.827. The van der Waals surface area contributed by atoms with Crippen molar-refractivity contribution >= 4 is 17.6 Å². The highest BCUT2D eigenvalue weighted by molar-refractivity contribution is 5.89. The molecule has 0 aliphatic carbocycles. The van der Waals surface area contributed by atoms with Crippen LogP contribution in [0.2, 0.25) is 0 Å². The van der Waals surface area contributed by atoms with Gasteiger partial charge in [-0.1, -0.05) is 6.07 Å². The van der Waals surface area contributed by atoms with Crippen molar-refractivity contribution < 1.29 is 19.1 Å². The molecular formula is C19H23N5O4.